The van der Waals surface area contributed by atoms with Crippen molar-refractivity contribution in [1.29, 1.82) is 0 Å². The Morgan fingerprint density at radius 1 is 1.23 bits per heavy atom. The van der Waals surface area contributed by atoms with Gasteiger partial charge in [0.25, 0.3) is 0 Å². The van der Waals surface area contributed by atoms with E-state index in [9.17, 15) is 9.59 Å². The van der Waals surface area contributed by atoms with Crippen molar-refractivity contribution in [2.45, 2.75) is 44.6 Å². The zero-order chi connectivity index (χ0) is 15.5. The lowest BCUT2D eigenvalue weighted by atomic mass is 9.94. The van der Waals surface area contributed by atoms with E-state index < -0.39 is 0 Å². The van der Waals surface area contributed by atoms with E-state index in [-0.39, 0.29) is 17.7 Å². The Hall–Kier alpha value is -1.55. The Bertz CT molecular complexity index is 570. The van der Waals surface area contributed by atoms with Crippen LogP contribution in [0.1, 0.15) is 38.5 Å². The fourth-order valence-corrected chi connectivity index (χ4v) is 3.65. The summed E-state index contributed by atoms with van der Waals surface area (Å²) in [4.78, 5) is 26.5. The maximum Gasteiger partial charge on any atom is 0.229 e. The second-order valence-electron chi connectivity index (χ2n) is 6.24. The number of nitrogens with one attached hydrogen (secondary N) is 1. The molecule has 1 N–H and O–H groups in total. The van der Waals surface area contributed by atoms with Crippen LogP contribution in [-0.2, 0) is 9.59 Å². The maximum atomic E-state index is 12.4. The number of nitrogens with zero attached hydrogens (tertiary/aromatic N) is 1. The van der Waals surface area contributed by atoms with E-state index in [1.807, 2.05) is 4.90 Å². The number of hydrogen-bond donors (Lipinski definition) is 1. The van der Waals surface area contributed by atoms with Crippen LogP contribution in [0, 0.1) is 5.92 Å². The first-order valence-corrected chi connectivity index (χ1v) is 8.37. The van der Waals surface area contributed by atoms with Gasteiger partial charge in [0.05, 0.1) is 5.92 Å². The molecule has 0 radical (unpaired) electrons. The van der Waals surface area contributed by atoms with Gasteiger partial charge in [-0.1, -0.05) is 36.9 Å². The molecule has 2 aliphatic rings. The molecule has 1 saturated heterocycles. The van der Waals surface area contributed by atoms with Crippen molar-refractivity contribution >= 4 is 29.1 Å². The first-order valence-electron chi connectivity index (χ1n) is 7.99. The highest BCUT2D eigenvalue weighted by molar-refractivity contribution is 6.30. The molecule has 1 aromatic rings. The Kier molecular flexibility index (Phi) is 4.67. The largest absolute Gasteiger partial charge is 0.339 e. The Morgan fingerprint density at radius 2 is 2.00 bits per heavy atom. The first kappa shape index (κ1) is 15.3. The molecule has 1 aliphatic carbocycles. The van der Waals surface area contributed by atoms with Gasteiger partial charge in [-0.15, -0.1) is 0 Å². The Labute approximate surface area is 135 Å². The third kappa shape index (κ3) is 3.43. The second kappa shape index (κ2) is 6.69. The first-order chi connectivity index (χ1) is 10.6. The van der Waals surface area contributed by atoms with Crippen LogP contribution >= 0.6 is 11.6 Å². The Balaban J connectivity index is 1.61. The van der Waals surface area contributed by atoms with E-state index in [1.165, 1.54) is 19.3 Å². The molecule has 4 nitrogen and oxygen atoms in total. The Morgan fingerprint density at radius 3 is 2.73 bits per heavy atom. The smallest absolute Gasteiger partial charge is 0.229 e. The maximum absolute atomic E-state index is 12.4. The van der Waals surface area contributed by atoms with Crippen molar-refractivity contribution in [3.05, 3.63) is 29.3 Å². The van der Waals surface area contributed by atoms with Crippen molar-refractivity contribution in [1.82, 2.24) is 4.90 Å². The average molecular weight is 321 g/mol. The molecular formula is C17H21ClN2O2. The molecule has 1 heterocycles. The molecule has 2 fully saturated rings. The van der Waals surface area contributed by atoms with Gasteiger partial charge in [-0.2, -0.15) is 0 Å². The summed E-state index contributed by atoms with van der Waals surface area (Å²) in [7, 11) is 0. The molecule has 1 aliphatic heterocycles. The van der Waals surface area contributed by atoms with Crippen molar-refractivity contribution in [2.24, 2.45) is 5.92 Å². The fourth-order valence-electron chi connectivity index (χ4n) is 3.46. The third-order valence-corrected chi connectivity index (χ3v) is 4.87. The molecule has 1 atom stereocenters. The van der Waals surface area contributed by atoms with Crippen LogP contribution in [0.25, 0.3) is 0 Å². The van der Waals surface area contributed by atoms with E-state index in [0.29, 0.717) is 29.7 Å². The summed E-state index contributed by atoms with van der Waals surface area (Å²) in [6.45, 7) is 0.551. The van der Waals surface area contributed by atoms with E-state index in [2.05, 4.69) is 5.32 Å². The molecule has 0 unspecified atom stereocenters. The zero-order valence-electron chi connectivity index (χ0n) is 12.6. The molecule has 5 heteroatoms. The number of anilines is 1. The molecule has 0 spiro atoms. The summed E-state index contributed by atoms with van der Waals surface area (Å²) in [5.41, 5.74) is 0.682. The van der Waals surface area contributed by atoms with Crippen molar-refractivity contribution in [2.75, 3.05) is 11.9 Å². The molecule has 22 heavy (non-hydrogen) atoms. The van der Waals surface area contributed by atoms with Crippen LogP contribution in [-0.4, -0.2) is 29.3 Å². The summed E-state index contributed by atoms with van der Waals surface area (Å²) < 4.78 is 0. The molecule has 3 rings (SSSR count). The molecule has 118 valence electrons. The lowest BCUT2D eigenvalue weighted by molar-refractivity contribution is -0.130. The van der Waals surface area contributed by atoms with Gasteiger partial charge in [0.15, 0.2) is 0 Å². The molecule has 0 bridgehead atoms. The molecular weight excluding hydrogens is 300 g/mol. The number of rotatable bonds is 3. The number of carbonyl (C=O) groups is 2. The number of benzene rings is 1. The summed E-state index contributed by atoms with van der Waals surface area (Å²) in [6.07, 6.45) is 6.12. The SMILES string of the molecule is O=C(Nc1cccc(Cl)c1)[C@@H]1CC(=O)N(C2CCCCC2)C1. The van der Waals surface area contributed by atoms with E-state index >= 15 is 0 Å². The highest BCUT2D eigenvalue weighted by atomic mass is 35.5. The highest BCUT2D eigenvalue weighted by Crippen LogP contribution is 2.29. The van der Waals surface area contributed by atoms with E-state index in [0.717, 1.165) is 12.8 Å². The summed E-state index contributed by atoms with van der Waals surface area (Å²) >= 11 is 5.92. The number of hydrogen-bond acceptors (Lipinski definition) is 2. The van der Waals surface area contributed by atoms with Gasteiger partial charge in [-0.3, -0.25) is 9.59 Å². The second-order valence-corrected chi connectivity index (χ2v) is 6.68. The van der Waals surface area contributed by atoms with Gasteiger partial charge >= 0.3 is 0 Å². The summed E-state index contributed by atoms with van der Waals surface area (Å²) in [5, 5.41) is 3.45. The van der Waals surface area contributed by atoms with Crippen LogP contribution in [0.3, 0.4) is 0 Å². The van der Waals surface area contributed by atoms with Gasteiger partial charge in [0.2, 0.25) is 11.8 Å². The quantitative estimate of drug-likeness (QED) is 0.927. The minimum atomic E-state index is -0.256. The van der Waals surface area contributed by atoms with Gasteiger partial charge in [-0.25, -0.2) is 0 Å². The fraction of sp³-hybridized carbons (Fsp3) is 0.529. The van der Waals surface area contributed by atoms with Crippen molar-refractivity contribution in [3.63, 3.8) is 0 Å². The summed E-state index contributed by atoms with van der Waals surface area (Å²) in [6, 6.07) is 7.42. The predicted molar refractivity (Wildman–Crippen MR) is 86.8 cm³/mol. The van der Waals surface area contributed by atoms with Gasteiger partial charge < -0.3 is 10.2 Å². The van der Waals surface area contributed by atoms with E-state index in [4.69, 9.17) is 11.6 Å². The number of amides is 2. The topological polar surface area (TPSA) is 49.4 Å². The van der Waals surface area contributed by atoms with Crippen molar-refractivity contribution in [3.8, 4) is 0 Å². The van der Waals surface area contributed by atoms with Gasteiger partial charge in [0, 0.05) is 29.7 Å². The monoisotopic (exact) mass is 320 g/mol. The molecule has 0 aromatic heterocycles. The van der Waals surface area contributed by atoms with Crippen molar-refractivity contribution < 1.29 is 9.59 Å². The molecule has 1 saturated carbocycles. The third-order valence-electron chi connectivity index (χ3n) is 4.64. The number of likely N-dealkylation sites (tertiary alicyclic amines) is 1. The number of carbonyl (C=O) groups excluding carboxylic acids is 2. The number of halogens is 1. The molecule has 2 amide bonds. The average Bonchev–Trinajstić information content (AvgIpc) is 2.90. The van der Waals surface area contributed by atoms with Crippen LogP contribution in [0.2, 0.25) is 5.02 Å². The van der Waals surface area contributed by atoms with E-state index in [1.54, 1.807) is 24.3 Å². The standard InChI is InChI=1S/C17H21ClN2O2/c18-13-5-4-6-14(10-13)19-17(22)12-9-16(21)20(11-12)15-7-2-1-3-8-15/h4-6,10,12,15H,1-3,7-9,11H2,(H,19,22)/t12-/m1/s1. The summed E-state index contributed by atoms with van der Waals surface area (Å²) in [5.74, 6) is -0.222. The lowest BCUT2D eigenvalue weighted by Gasteiger charge is -2.31. The normalized spacial score (nSPS) is 22.9. The zero-order valence-corrected chi connectivity index (χ0v) is 13.3. The van der Waals surface area contributed by atoms with Crippen LogP contribution in [0.4, 0.5) is 5.69 Å². The minimum Gasteiger partial charge on any atom is -0.339 e. The van der Waals surface area contributed by atoms with Crippen LogP contribution in [0.15, 0.2) is 24.3 Å². The highest BCUT2D eigenvalue weighted by Gasteiger charge is 2.38. The lowest BCUT2D eigenvalue weighted by Crippen LogP contribution is -2.38. The van der Waals surface area contributed by atoms with Gasteiger partial charge in [0.1, 0.15) is 0 Å². The molecule has 1 aromatic carbocycles. The van der Waals surface area contributed by atoms with Gasteiger partial charge in [-0.05, 0) is 31.0 Å². The predicted octanol–water partition coefficient (Wildman–Crippen LogP) is 3.46. The van der Waals surface area contributed by atoms with Crippen LogP contribution < -0.4 is 5.32 Å². The minimum absolute atomic E-state index is 0.0890. The van der Waals surface area contributed by atoms with Crippen LogP contribution in [0.5, 0.6) is 0 Å².